The van der Waals surface area contributed by atoms with Crippen LogP contribution in [0.4, 0.5) is 0 Å². The van der Waals surface area contributed by atoms with Crippen molar-refractivity contribution < 1.29 is 4.79 Å². The van der Waals surface area contributed by atoms with Crippen LogP contribution >= 0.6 is 11.6 Å². The van der Waals surface area contributed by atoms with Crippen LogP contribution in [-0.4, -0.2) is 10.5 Å². The molecule has 1 heterocycles. The van der Waals surface area contributed by atoms with E-state index in [1.807, 2.05) is 54.9 Å². The molecule has 0 fully saturated rings. The fourth-order valence-electron chi connectivity index (χ4n) is 2.88. The number of rotatable bonds is 6. The normalized spacial score (nSPS) is 11.9. The summed E-state index contributed by atoms with van der Waals surface area (Å²) in [4.78, 5) is 12.5. The lowest BCUT2D eigenvalue weighted by Gasteiger charge is -2.20. The Kier molecular flexibility index (Phi) is 5.56. The molecule has 2 aromatic carbocycles. The molecule has 0 spiro atoms. The van der Waals surface area contributed by atoms with Gasteiger partial charge in [0.2, 0.25) is 5.91 Å². The second-order valence-electron chi connectivity index (χ2n) is 6.17. The topological polar surface area (TPSA) is 34.0 Å². The lowest BCUT2D eigenvalue weighted by molar-refractivity contribution is -0.121. The van der Waals surface area contributed by atoms with Gasteiger partial charge in [-0.1, -0.05) is 53.6 Å². The minimum absolute atomic E-state index is 0.0138. The van der Waals surface area contributed by atoms with E-state index >= 15 is 0 Å². The Morgan fingerprint density at radius 2 is 1.80 bits per heavy atom. The summed E-state index contributed by atoms with van der Waals surface area (Å²) in [5, 5.41) is 3.70. The Balaban J connectivity index is 1.69. The summed E-state index contributed by atoms with van der Waals surface area (Å²) < 4.78 is 2.08. The molecule has 3 aromatic rings. The van der Waals surface area contributed by atoms with E-state index in [1.54, 1.807) is 0 Å². The van der Waals surface area contributed by atoms with Crippen molar-refractivity contribution >= 4 is 17.5 Å². The van der Waals surface area contributed by atoms with Gasteiger partial charge in [0, 0.05) is 24.0 Å². The first-order valence-corrected chi connectivity index (χ1v) is 8.70. The highest BCUT2D eigenvalue weighted by Gasteiger charge is 2.17. The summed E-state index contributed by atoms with van der Waals surface area (Å²) >= 11 is 5.89. The molecule has 0 aliphatic rings. The number of aryl methyl sites for hydroxylation is 1. The molecular weight excluding hydrogens is 332 g/mol. The van der Waals surface area contributed by atoms with Crippen LogP contribution in [0.2, 0.25) is 5.02 Å². The summed E-state index contributed by atoms with van der Waals surface area (Å²) in [7, 11) is 0. The van der Waals surface area contributed by atoms with Crippen molar-refractivity contribution in [3.05, 3.63) is 94.8 Å². The minimum atomic E-state index is -0.0138. The molecular formula is C21H21ClN2O. The number of nitrogens with one attached hydrogen (secondary N) is 1. The standard InChI is InChI=1S/C21H21ClN2O/c1-16-5-4-6-18(13-16)20(24-11-2-3-12-24)14-21(25)23-15-17-7-9-19(22)10-8-17/h2-13,20H,14-15H2,1H3,(H,23,25)/t20-/m0/s1. The van der Waals surface area contributed by atoms with Crippen molar-refractivity contribution in [3.8, 4) is 0 Å². The highest BCUT2D eigenvalue weighted by Crippen LogP contribution is 2.23. The van der Waals surface area contributed by atoms with Crippen molar-refractivity contribution in [3.63, 3.8) is 0 Å². The molecule has 0 bridgehead atoms. The molecule has 0 aliphatic heterocycles. The number of hydrogen-bond donors (Lipinski definition) is 1. The maximum Gasteiger partial charge on any atom is 0.222 e. The third-order valence-electron chi connectivity index (χ3n) is 4.20. The lowest BCUT2D eigenvalue weighted by atomic mass is 10.0. The van der Waals surface area contributed by atoms with Crippen molar-refractivity contribution in [2.75, 3.05) is 0 Å². The third-order valence-corrected chi connectivity index (χ3v) is 4.45. The predicted octanol–water partition coefficient (Wildman–Crippen LogP) is 4.75. The molecule has 3 nitrogen and oxygen atoms in total. The Bertz CT molecular complexity index is 825. The number of halogens is 1. The molecule has 4 heteroatoms. The van der Waals surface area contributed by atoms with Gasteiger partial charge in [0.15, 0.2) is 0 Å². The first kappa shape index (κ1) is 17.3. The zero-order valence-electron chi connectivity index (χ0n) is 14.2. The van der Waals surface area contributed by atoms with Gasteiger partial charge in [-0.2, -0.15) is 0 Å². The molecule has 0 aliphatic carbocycles. The zero-order chi connectivity index (χ0) is 17.6. The largest absolute Gasteiger partial charge is 0.352 e. The van der Waals surface area contributed by atoms with Gasteiger partial charge in [-0.15, -0.1) is 0 Å². The molecule has 1 aromatic heterocycles. The molecule has 1 amide bonds. The van der Waals surface area contributed by atoms with E-state index in [0.29, 0.717) is 18.0 Å². The highest BCUT2D eigenvalue weighted by atomic mass is 35.5. The van der Waals surface area contributed by atoms with Gasteiger partial charge in [-0.05, 0) is 42.3 Å². The van der Waals surface area contributed by atoms with Crippen LogP contribution < -0.4 is 5.32 Å². The van der Waals surface area contributed by atoms with Gasteiger partial charge in [-0.3, -0.25) is 4.79 Å². The molecule has 0 radical (unpaired) electrons. The average Bonchev–Trinajstić information content (AvgIpc) is 3.13. The van der Waals surface area contributed by atoms with Crippen molar-refractivity contribution in [2.24, 2.45) is 0 Å². The van der Waals surface area contributed by atoms with Crippen LogP contribution in [0.5, 0.6) is 0 Å². The van der Waals surface area contributed by atoms with Gasteiger partial charge in [0.1, 0.15) is 0 Å². The smallest absolute Gasteiger partial charge is 0.222 e. The average molecular weight is 353 g/mol. The van der Waals surface area contributed by atoms with Gasteiger partial charge in [0.05, 0.1) is 12.5 Å². The van der Waals surface area contributed by atoms with E-state index in [1.165, 1.54) is 5.56 Å². The van der Waals surface area contributed by atoms with Gasteiger partial charge in [0.25, 0.3) is 0 Å². The number of carbonyl (C=O) groups is 1. The van der Waals surface area contributed by atoms with Crippen LogP contribution in [0.1, 0.15) is 29.2 Å². The quantitative estimate of drug-likeness (QED) is 0.682. The van der Waals surface area contributed by atoms with E-state index in [0.717, 1.165) is 11.1 Å². The predicted molar refractivity (Wildman–Crippen MR) is 102 cm³/mol. The molecule has 128 valence electrons. The first-order valence-electron chi connectivity index (χ1n) is 8.32. The van der Waals surface area contributed by atoms with Crippen LogP contribution in [0.25, 0.3) is 0 Å². The maximum atomic E-state index is 12.5. The number of nitrogens with zero attached hydrogens (tertiary/aromatic N) is 1. The summed E-state index contributed by atoms with van der Waals surface area (Å²) in [6.45, 7) is 2.57. The molecule has 0 saturated heterocycles. The summed E-state index contributed by atoms with van der Waals surface area (Å²) in [5.41, 5.74) is 3.36. The van der Waals surface area contributed by atoms with E-state index in [9.17, 15) is 4.79 Å². The van der Waals surface area contributed by atoms with Gasteiger partial charge in [-0.25, -0.2) is 0 Å². The van der Waals surface area contributed by atoms with Crippen molar-refractivity contribution in [1.29, 1.82) is 0 Å². The second-order valence-corrected chi connectivity index (χ2v) is 6.60. The lowest BCUT2D eigenvalue weighted by Crippen LogP contribution is -2.26. The molecule has 1 N–H and O–H groups in total. The number of carbonyl (C=O) groups excluding carboxylic acids is 1. The SMILES string of the molecule is Cc1cccc([C@H](CC(=O)NCc2ccc(Cl)cc2)n2cccc2)c1. The number of hydrogen-bond acceptors (Lipinski definition) is 1. The van der Waals surface area contributed by atoms with E-state index in [-0.39, 0.29) is 11.9 Å². The molecule has 0 saturated carbocycles. The van der Waals surface area contributed by atoms with Crippen LogP contribution in [0, 0.1) is 6.92 Å². The molecule has 1 atom stereocenters. The molecule has 0 unspecified atom stereocenters. The van der Waals surface area contributed by atoms with Crippen LogP contribution in [-0.2, 0) is 11.3 Å². The molecule has 25 heavy (non-hydrogen) atoms. The van der Waals surface area contributed by atoms with Gasteiger partial charge < -0.3 is 9.88 Å². The Labute approximate surface area is 153 Å². The van der Waals surface area contributed by atoms with E-state index in [2.05, 4.69) is 35.0 Å². The Morgan fingerprint density at radius 1 is 1.08 bits per heavy atom. The van der Waals surface area contributed by atoms with Crippen LogP contribution in [0.15, 0.2) is 73.1 Å². The van der Waals surface area contributed by atoms with Crippen molar-refractivity contribution in [1.82, 2.24) is 9.88 Å². The second kappa shape index (κ2) is 8.04. The highest BCUT2D eigenvalue weighted by molar-refractivity contribution is 6.30. The Morgan fingerprint density at radius 3 is 2.48 bits per heavy atom. The summed E-state index contributed by atoms with van der Waals surface area (Å²) in [6.07, 6.45) is 4.39. The van der Waals surface area contributed by atoms with Crippen LogP contribution in [0.3, 0.4) is 0 Å². The summed E-state index contributed by atoms with van der Waals surface area (Å²) in [6, 6.07) is 19.8. The fraction of sp³-hybridized carbons (Fsp3) is 0.190. The van der Waals surface area contributed by atoms with E-state index in [4.69, 9.17) is 11.6 Å². The van der Waals surface area contributed by atoms with E-state index < -0.39 is 0 Å². The number of aromatic nitrogens is 1. The first-order chi connectivity index (χ1) is 12.1. The van der Waals surface area contributed by atoms with Crippen molar-refractivity contribution in [2.45, 2.75) is 25.9 Å². The molecule has 3 rings (SSSR count). The maximum absolute atomic E-state index is 12.5. The van der Waals surface area contributed by atoms with Gasteiger partial charge >= 0.3 is 0 Å². The minimum Gasteiger partial charge on any atom is -0.352 e. The number of benzene rings is 2. The number of amides is 1. The summed E-state index contributed by atoms with van der Waals surface area (Å²) in [5.74, 6) is 0.0233. The monoisotopic (exact) mass is 352 g/mol. The Hall–Kier alpha value is -2.52. The third kappa shape index (κ3) is 4.74. The fourth-order valence-corrected chi connectivity index (χ4v) is 3.01. The zero-order valence-corrected chi connectivity index (χ0v) is 14.9.